The van der Waals surface area contributed by atoms with Gasteiger partial charge in [0, 0.05) is 37.6 Å². The molecule has 1 aliphatic rings. The average Bonchev–Trinajstić information content (AvgIpc) is 3.69. The van der Waals surface area contributed by atoms with E-state index in [-0.39, 0.29) is 39.9 Å². The molecule has 0 unspecified atom stereocenters. The molecule has 1 fully saturated rings. The summed E-state index contributed by atoms with van der Waals surface area (Å²) in [6, 6.07) is 14.4. The molecule has 2 N–H and O–H groups in total. The number of hydrogen-bond acceptors (Lipinski definition) is 5. The highest BCUT2D eigenvalue weighted by Crippen LogP contribution is 2.34. The molecule has 5 aromatic rings. The molecule has 1 amide bonds. The Labute approximate surface area is 239 Å². The van der Waals surface area contributed by atoms with Crippen molar-refractivity contribution >= 4 is 34.0 Å². The maximum Gasteiger partial charge on any atom is 0.336 e. The third-order valence-electron chi connectivity index (χ3n) is 7.67. The van der Waals surface area contributed by atoms with Crippen molar-refractivity contribution in [1.82, 2.24) is 18.3 Å². The van der Waals surface area contributed by atoms with Crippen LogP contribution in [0.4, 0.5) is 21.6 Å². The largest absolute Gasteiger partial charge is 0.347 e. The van der Waals surface area contributed by atoms with E-state index < -0.39 is 22.6 Å². The van der Waals surface area contributed by atoms with Crippen LogP contribution in [0.15, 0.2) is 75.2 Å². The van der Waals surface area contributed by atoms with Gasteiger partial charge in [0.1, 0.15) is 22.7 Å². The summed E-state index contributed by atoms with van der Waals surface area (Å²) in [4.78, 5) is 54.4. The normalized spacial score (nSPS) is 13.0. The van der Waals surface area contributed by atoms with Gasteiger partial charge >= 0.3 is 5.69 Å². The van der Waals surface area contributed by atoms with E-state index in [1.165, 1.54) is 32.9 Å². The Kier molecular flexibility index (Phi) is 6.44. The molecule has 1 aliphatic carbocycles. The van der Waals surface area contributed by atoms with Gasteiger partial charge in [0.2, 0.25) is 0 Å². The fraction of sp³-hybridized carbons (Fsp3) is 0.226. The summed E-state index contributed by atoms with van der Waals surface area (Å²) in [5, 5.41) is 5.90. The summed E-state index contributed by atoms with van der Waals surface area (Å²) >= 11 is 0. The van der Waals surface area contributed by atoms with Crippen LogP contribution in [0.3, 0.4) is 0 Å². The molecule has 3 heterocycles. The number of amides is 1. The van der Waals surface area contributed by atoms with Gasteiger partial charge in [0.15, 0.2) is 0 Å². The molecule has 6 rings (SSSR count). The molecule has 42 heavy (non-hydrogen) atoms. The van der Waals surface area contributed by atoms with Gasteiger partial charge < -0.3 is 15.2 Å². The number of rotatable bonds is 6. The Morgan fingerprint density at radius 3 is 2.38 bits per heavy atom. The number of carbonyl (C=O) groups is 1. The minimum atomic E-state index is -0.593. The number of anilines is 3. The number of hydrogen-bond donors (Lipinski definition) is 2. The third-order valence-corrected chi connectivity index (χ3v) is 7.67. The van der Waals surface area contributed by atoms with Crippen LogP contribution in [0, 0.1) is 19.7 Å². The van der Waals surface area contributed by atoms with Crippen molar-refractivity contribution in [2.24, 2.45) is 14.1 Å². The van der Waals surface area contributed by atoms with Crippen molar-refractivity contribution in [3.05, 3.63) is 115 Å². The van der Waals surface area contributed by atoms with Gasteiger partial charge in [-0.1, -0.05) is 12.1 Å². The first kappa shape index (κ1) is 27.0. The van der Waals surface area contributed by atoms with Crippen LogP contribution in [-0.4, -0.2) is 24.2 Å². The first-order chi connectivity index (χ1) is 20.1. The number of aromatic nitrogens is 4. The second kappa shape index (κ2) is 10.0. The fourth-order valence-electron chi connectivity index (χ4n) is 5.32. The molecule has 11 heteroatoms. The van der Waals surface area contributed by atoms with Gasteiger partial charge in [-0.3, -0.25) is 28.1 Å². The zero-order valence-corrected chi connectivity index (χ0v) is 23.6. The number of nitrogens with one attached hydrogen (secondary N) is 2. The van der Waals surface area contributed by atoms with Gasteiger partial charge in [-0.15, -0.1) is 0 Å². The molecule has 0 bridgehead atoms. The van der Waals surface area contributed by atoms with E-state index in [9.17, 15) is 23.6 Å². The van der Waals surface area contributed by atoms with Crippen molar-refractivity contribution in [1.29, 1.82) is 0 Å². The maximum atomic E-state index is 14.9. The second-order valence-electron chi connectivity index (χ2n) is 10.7. The van der Waals surface area contributed by atoms with E-state index in [1.807, 2.05) is 0 Å². The standard InChI is InChI=1S/C31H29FN6O4/c1-17-10-13-23(22(32)15-17)34-27-25-26(18(2)29(40)36(27)4)37(31(42)38(30(25)41)20-11-12-20)21-8-5-7-19(16-21)33-28(39)24-9-6-14-35(24)3/h5-10,13-16,20,34H,11-12H2,1-4H3,(H,33,39). The molecular weight excluding hydrogens is 539 g/mol. The van der Waals surface area contributed by atoms with E-state index >= 15 is 0 Å². The van der Waals surface area contributed by atoms with E-state index in [2.05, 4.69) is 10.6 Å². The highest BCUT2D eigenvalue weighted by Gasteiger charge is 2.31. The van der Waals surface area contributed by atoms with Gasteiger partial charge in [0.25, 0.3) is 17.0 Å². The molecule has 0 atom stereocenters. The summed E-state index contributed by atoms with van der Waals surface area (Å²) in [7, 11) is 3.26. The predicted molar refractivity (Wildman–Crippen MR) is 160 cm³/mol. The number of aryl methyl sites for hydroxylation is 3. The van der Waals surface area contributed by atoms with Crippen LogP contribution >= 0.6 is 0 Å². The molecule has 2 aromatic carbocycles. The third kappa shape index (κ3) is 4.43. The predicted octanol–water partition coefficient (Wildman–Crippen LogP) is 4.28. The Bertz CT molecular complexity index is 2100. The van der Waals surface area contributed by atoms with Gasteiger partial charge in [0.05, 0.1) is 16.9 Å². The smallest absolute Gasteiger partial charge is 0.336 e. The van der Waals surface area contributed by atoms with Crippen LogP contribution in [0.25, 0.3) is 16.6 Å². The summed E-state index contributed by atoms with van der Waals surface area (Å²) in [6.07, 6.45) is 3.08. The highest BCUT2D eigenvalue weighted by molar-refractivity contribution is 6.03. The number of fused-ring (bicyclic) bond motifs is 1. The highest BCUT2D eigenvalue weighted by atomic mass is 19.1. The number of benzene rings is 2. The summed E-state index contributed by atoms with van der Waals surface area (Å²) < 4.78 is 20.4. The molecular formula is C31H29FN6O4. The Balaban J connectivity index is 1.61. The van der Waals surface area contributed by atoms with Crippen LogP contribution in [0.5, 0.6) is 0 Å². The summed E-state index contributed by atoms with van der Waals surface area (Å²) in [5.41, 5.74) is 0.707. The molecule has 0 saturated heterocycles. The summed E-state index contributed by atoms with van der Waals surface area (Å²) in [5.74, 6) is -0.810. The maximum absolute atomic E-state index is 14.9. The molecule has 0 aliphatic heterocycles. The number of pyridine rings is 1. The Hall–Kier alpha value is -5.19. The van der Waals surface area contributed by atoms with Crippen molar-refractivity contribution < 1.29 is 9.18 Å². The number of carbonyl (C=O) groups excluding carboxylic acids is 1. The zero-order valence-electron chi connectivity index (χ0n) is 23.6. The first-order valence-corrected chi connectivity index (χ1v) is 13.5. The van der Waals surface area contributed by atoms with Crippen molar-refractivity contribution in [2.45, 2.75) is 32.7 Å². The molecule has 0 radical (unpaired) electrons. The topological polar surface area (TPSA) is 112 Å². The van der Waals surface area contributed by atoms with Gasteiger partial charge in [-0.2, -0.15) is 0 Å². The van der Waals surface area contributed by atoms with E-state index in [1.54, 1.807) is 74.1 Å². The lowest BCUT2D eigenvalue weighted by Crippen LogP contribution is -2.41. The molecule has 10 nitrogen and oxygen atoms in total. The van der Waals surface area contributed by atoms with E-state index in [0.717, 1.165) is 0 Å². The fourth-order valence-corrected chi connectivity index (χ4v) is 5.32. The first-order valence-electron chi connectivity index (χ1n) is 13.5. The zero-order chi connectivity index (χ0) is 29.9. The van der Waals surface area contributed by atoms with Crippen molar-refractivity contribution in [3.63, 3.8) is 0 Å². The molecule has 0 spiro atoms. The van der Waals surface area contributed by atoms with Gasteiger partial charge in [-0.25, -0.2) is 9.18 Å². The minimum absolute atomic E-state index is 0.0738. The lowest BCUT2D eigenvalue weighted by atomic mass is 10.1. The van der Waals surface area contributed by atoms with Crippen molar-refractivity contribution in [3.8, 4) is 5.69 Å². The quantitative estimate of drug-likeness (QED) is 0.318. The molecule has 3 aromatic heterocycles. The average molecular weight is 569 g/mol. The van der Waals surface area contributed by atoms with Crippen molar-refractivity contribution in [2.75, 3.05) is 10.6 Å². The monoisotopic (exact) mass is 568 g/mol. The SMILES string of the molecule is Cc1ccc(Nc2c3c(=O)n(C4CC4)c(=O)n(-c4cccc(NC(=O)c5cccn5C)c4)c3c(C)c(=O)n2C)c(F)c1. The number of nitrogens with zero attached hydrogens (tertiary/aromatic N) is 4. The molecule has 1 saturated carbocycles. The van der Waals surface area contributed by atoms with Gasteiger partial charge in [-0.05, 0) is 74.7 Å². The molecule has 214 valence electrons. The minimum Gasteiger partial charge on any atom is -0.347 e. The Morgan fingerprint density at radius 2 is 1.71 bits per heavy atom. The summed E-state index contributed by atoms with van der Waals surface area (Å²) in [6.45, 7) is 3.31. The van der Waals surface area contributed by atoms with E-state index in [0.29, 0.717) is 35.5 Å². The lowest BCUT2D eigenvalue weighted by molar-refractivity contribution is 0.101. The Morgan fingerprint density at radius 1 is 0.952 bits per heavy atom. The van der Waals surface area contributed by atoms with Crippen LogP contribution < -0.4 is 27.4 Å². The number of halogens is 1. The second-order valence-corrected chi connectivity index (χ2v) is 10.7. The van der Waals surface area contributed by atoms with Crippen LogP contribution in [0.2, 0.25) is 0 Å². The lowest BCUT2D eigenvalue weighted by Gasteiger charge is -2.21. The van der Waals surface area contributed by atoms with E-state index in [4.69, 9.17) is 0 Å². The van der Waals surface area contributed by atoms with Crippen LogP contribution in [0.1, 0.15) is 40.5 Å². The van der Waals surface area contributed by atoms with Crippen LogP contribution in [-0.2, 0) is 14.1 Å².